The second-order valence-corrected chi connectivity index (χ2v) is 5.53. The Morgan fingerprint density at radius 1 is 1.22 bits per heavy atom. The van der Waals surface area contributed by atoms with Crippen molar-refractivity contribution in [2.24, 2.45) is 4.99 Å². The average Bonchev–Trinajstić information content (AvgIpc) is 3.02. The topological polar surface area (TPSA) is 67.1 Å². The van der Waals surface area contributed by atoms with Gasteiger partial charge < -0.3 is 15.2 Å². The van der Waals surface area contributed by atoms with Crippen LogP contribution in [0.5, 0.6) is 0 Å². The zero-order valence-electron chi connectivity index (χ0n) is 13.6. The van der Waals surface area contributed by atoms with Crippen molar-refractivity contribution >= 4 is 17.6 Å². The van der Waals surface area contributed by atoms with E-state index in [-0.39, 0.29) is 0 Å². The van der Waals surface area contributed by atoms with E-state index in [9.17, 15) is 0 Å². The van der Waals surface area contributed by atoms with Crippen LogP contribution in [-0.4, -0.2) is 40.9 Å². The van der Waals surface area contributed by atoms with Gasteiger partial charge in [-0.1, -0.05) is 30.7 Å². The van der Waals surface area contributed by atoms with Gasteiger partial charge in [-0.15, -0.1) is 10.2 Å². The lowest BCUT2D eigenvalue weighted by molar-refractivity contribution is 0.632. The molecule has 1 aromatic heterocycles. The first-order valence-electron chi connectivity index (χ1n) is 7.78. The number of aromatic nitrogens is 3. The van der Waals surface area contributed by atoms with Gasteiger partial charge in [-0.05, 0) is 24.1 Å². The van der Waals surface area contributed by atoms with Gasteiger partial charge >= 0.3 is 0 Å². The van der Waals surface area contributed by atoms with Crippen molar-refractivity contribution in [1.82, 2.24) is 25.4 Å². The largest absolute Gasteiger partial charge is 0.356 e. The minimum atomic E-state index is 0.764. The Bertz CT molecular complexity index is 620. The molecule has 0 fully saturated rings. The summed E-state index contributed by atoms with van der Waals surface area (Å²) in [5.74, 6) is 1.79. The van der Waals surface area contributed by atoms with E-state index < -0.39 is 0 Å². The van der Waals surface area contributed by atoms with Crippen molar-refractivity contribution in [2.45, 2.75) is 26.3 Å². The molecule has 0 aliphatic heterocycles. The number of aliphatic imine (C=N–C) groups is 1. The summed E-state index contributed by atoms with van der Waals surface area (Å²) in [5.41, 5.74) is 1.24. The Morgan fingerprint density at radius 2 is 1.96 bits per heavy atom. The van der Waals surface area contributed by atoms with Gasteiger partial charge in [0, 0.05) is 38.1 Å². The Morgan fingerprint density at radius 3 is 2.65 bits per heavy atom. The third kappa shape index (κ3) is 5.56. The number of hydrogen-bond acceptors (Lipinski definition) is 3. The van der Waals surface area contributed by atoms with Gasteiger partial charge in [-0.2, -0.15) is 0 Å². The predicted octanol–water partition coefficient (Wildman–Crippen LogP) is 1.90. The highest BCUT2D eigenvalue weighted by molar-refractivity contribution is 6.30. The van der Waals surface area contributed by atoms with Crippen LogP contribution >= 0.6 is 11.6 Å². The lowest BCUT2D eigenvalue weighted by Gasteiger charge is -2.12. The highest BCUT2D eigenvalue weighted by Gasteiger charge is 2.02. The molecular weight excluding hydrogens is 312 g/mol. The molecule has 1 heterocycles. The summed E-state index contributed by atoms with van der Waals surface area (Å²) in [6.45, 7) is 4.47. The predicted molar refractivity (Wildman–Crippen MR) is 93.9 cm³/mol. The molecule has 0 bridgehead atoms. The zero-order chi connectivity index (χ0) is 16.5. The number of nitrogens with zero attached hydrogens (tertiary/aromatic N) is 4. The first kappa shape index (κ1) is 17.3. The summed E-state index contributed by atoms with van der Waals surface area (Å²) in [6.07, 6.45) is 3.56. The lowest BCUT2D eigenvalue weighted by atomic mass is 10.1. The summed E-state index contributed by atoms with van der Waals surface area (Å²) in [5, 5.41) is 15.4. The SMILES string of the molecule is CCc1nncn1CCNC(=NC)NCCc1ccc(Cl)cc1. The van der Waals surface area contributed by atoms with Crippen LogP contribution in [-0.2, 0) is 19.4 Å². The van der Waals surface area contributed by atoms with E-state index in [0.29, 0.717) is 0 Å². The first-order valence-corrected chi connectivity index (χ1v) is 8.16. The summed E-state index contributed by atoms with van der Waals surface area (Å²) in [6, 6.07) is 7.90. The molecule has 0 aliphatic carbocycles. The molecule has 0 atom stereocenters. The van der Waals surface area contributed by atoms with Crippen LogP contribution < -0.4 is 10.6 Å². The van der Waals surface area contributed by atoms with Crippen LogP contribution in [0.4, 0.5) is 0 Å². The van der Waals surface area contributed by atoms with Crippen LogP contribution in [0, 0.1) is 0 Å². The summed E-state index contributed by atoms with van der Waals surface area (Å²) in [7, 11) is 1.77. The van der Waals surface area contributed by atoms with Crippen molar-refractivity contribution in [1.29, 1.82) is 0 Å². The van der Waals surface area contributed by atoms with Crippen LogP contribution in [0.3, 0.4) is 0 Å². The molecule has 23 heavy (non-hydrogen) atoms. The Hall–Kier alpha value is -2.08. The molecule has 0 unspecified atom stereocenters. The Labute approximate surface area is 142 Å². The normalized spacial score (nSPS) is 11.5. The van der Waals surface area contributed by atoms with Gasteiger partial charge in [0.2, 0.25) is 0 Å². The number of rotatable bonds is 7. The van der Waals surface area contributed by atoms with Crippen LogP contribution in [0.25, 0.3) is 0 Å². The summed E-state index contributed by atoms with van der Waals surface area (Å²) >= 11 is 5.88. The van der Waals surface area contributed by atoms with Crippen LogP contribution in [0.2, 0.25) is 5.02 Å². The lowest BCUT2D eigenvalue weighted by Crippen LogP contribution is -2.39. The monoisotopic (exact) mass is 334 g/mol. The minimum Gasteiger partial charge on any atom is -0.356 e. The molecule has 6 nitrogen and oxygen atoms in total. The molecule has 7 heteroatoms. The number of hydrogen-bond donors (Lipinski definition) is 2. The third-order valence-electron chi connectivity index (χ3n) is 3.50. The van der Waals surface area contributed by atoms with Crippen LogP contribution in [0.1, 0.15) is 18.3 Å². The van der Waals surface area contributed by atoms with E-state index in [2.05, 4.69) is 32.7 Å². The maximum absolute atomic E-state index is 5.88. The van der Waals surface area contributed by atoms with Gasteiger partial charge in [0.15, 0.2) is 5.96 Å². The zero-order valence-corrected chi connectivity index (χ0v) is 14.3. The van der Waals surface area contributed by atoms with Gasteiger partial charge in [-0.3, -0.25) is 4.99 Å². The average molecular weight is 335 g/mol. The highest BCUT2D eigenvalue weighted by Crippen LogP contribution is 2.09. The first-order chi connectivity index (χ1) is 11.2. The van der Waals surface area contributed by atoms with E-state index >= 15 is 0 Å². The van der Waals surface area contributed by atoms with Gasteiger partial charge in [0.1, 0.15) is 12.2 Å². The van der Waals surface area contributed by atoms with E-state index in [1.54, 1.807) is 13.4 Å². The third-order valence-corrected chi connectivity index (χ3v) is 3.75. The van der Waals surface area contributed by atoms with Gasteiger partial charge in [0.05, 0.1) is 0 Å². The highest BCUT2D eigenvalue weighted by atomic mass is 35.5. The smallest absolute Gasteiger partial charge is 0.191 e. The number of aryl methyl sites for hydroxylation is 1. The van der Waals surface area contributed by atoms with Crippen LogP contribution in [0.15, 0.2) is 35.6 Å². The molecule has 2 aromatic rings. The molecule has 0 spiro atoms. The standard InChI is InChI=1S/C16H23ClN6/c1-3-15-22-21-12-23(15)11-10-20-16(18-2)19-9-8-13-4-6-14(17)7-5-13/h4-7,12H,3,8-11H2,1-2H3,(H2,18,19,20). The molecule has 2 rings (SSSR count). The molecule has 0 saturated carbocycles. The number of benzene rings is 1. The second-order valence-electron chi connectivity index (χ2n) is 5.10. The van der Waals surface area contributed by atoms with Crippen molar-refractivity contribution in [3.8, 4) is 0 Å². The second kappa shape index (κ2) is 9.15. The molecule has 0 saturated heterocycles. The summed E-state index contributed by atoms with van der Waals surface area (Å²) < 4.78 is 2.05. The molecule has 0 amide bonds. The van der Waals surface area contributed by atoms with E-state index in [0.717, 1.165) is 49.3 Å². The Balaban J connectivity index is 1.70. The quantitative estimate of drug-likeness (QED) is 0.599. The Kier molecular flexibility index (Phi) is 6.87. The molecule has 0 aliphatic rings. The van der Waals surface area contributed by atoms with Crippen molar-refractivity contribution in [2.75, 3.05) is 20.1 Å². The molecule has 1 aromatic carbocycles. The van der Waals surface area contributed by atoms with Crippen molar-refractivity contribution < 1.29 is 0 Å². The van der Waals surface area contributed by atoms with Gasteiger partial charge in [-0.25, -0.2) is 0 Å². The fourth-order valence-electron chi connectivity index (χ4n) is 2.23. The number of halogens is 1. The molecule has 124 valence electrons. The molecular formula is C16H23ClN6. The van der Waals surface area contributed by atoms with Crippen molar-refractivity contribution in [3.05, 3.63) is 47.0 Å². The summed E-state index contributed by atoms with van der Waals surface area (Å²) in [4.78, 5) is 4.23. The van der Waals surface area contributed by atoms with Crippen molar-refractivity contribution in [3.63, 3.8) is 0 Å². The fraction of sp³-hybridized carbons (Fsp3) is 0.438. The number of nitrogens with one attached hydrogen (secondary N) is 2. The van der Waals surface area contributed by atoms with E-state index in [4.69, 9.17) is 11.6 Å². The fourth-order valence-corrected chi connectivity index (χ4v) is 2.36. The maximum atomic E-state index is 5.88. The maximum Gasteiger partial charge on any atom is 0.191 e. The molecule has 2 N–H and O–H groups in total. The van der Waals surface area contributed by atoms with E-state index in [1.807, 2.05) is 28.8 Å². The molecule has 0 radical (unpaired) electrons. The number of guanidine groups is 1. The van der Waals surface area contributed by atoms with E-state index in [1.165, 1.54) is 5.56 Å². The minimum absolute atomic E-state index is 0.764. The van der Waals surface area contributed by atoms with Gasteiger partial charge in [0.25, 0.3) is 0 Å².